The van der Waals surface area contributed by atoms with Gasteiger partial charge in [0.2, 0.25) is 5.91 Å². The molecule has 1 aliphatic heterocycles. The quantitative estimate of drug-likeness (QED) is 0.487. The van der Waals surface area contributed by atoms with E-state index >= 15 is 0 Å². The first-order valence-corrected chi connectivity index (χ1v) is 13.0. The highest BCUT2D eigenvalue weighted by atomic mass is 35.5. The summed E-state index contributed by atoms with van der Waals surface area (Å²) in [6, 6.07) is 9.58. The van der Waals surface area contributed by atoms with Crippen LogP contribution in [0.1, 0.15) is 36.7 Å². The molecule has 4 amide bonds. The molecule has 0 saturated heterocycles. The summed E-state index contributed by atoms with van der Waals surface area (Å²) < 4.78 is 42.2. The van der Waals surface area contributed by atoms with Gasteiger partial charge < -0.3 is 29.9 Å². The lowest BCUT2D eigenvalue weighted by atomic mass is 10.1. The minimum Gasteiger partial charge on any atom is -0.484 e. The smallest absolute Gasteiger partial charge is 0.422 e. The molecule has 0 radical (unpaired) electrons. The van der Waals surface area contributed by atoms with E-state index in [1.54, 1.807) is 31.2 Å². The zero-order valence-electron chi connectivity index (χ0n) is 22.4. The molecule has 1 aliphatic rings. The van der Waals surface area contributed by atoms with Crippen LogP contribution in [0.15, 0.2) is 42.5 Å². The van der Waals surface area contributed by atoms with Gasteiger partial charge in [-0.15, -0.1) is 0 Å². The van der Waals surface area contributed by atoms with Crippen LogP contribution in [-0.4, -0.2) is 83.9 Å². The SMILES string of the molecule is CC(C)N(CCO)C(=O)CNC(=O)N1Cc2ccccc2N(C(=O)c2ccc(OCC(F)(F)F)cc2Cl)C[C@H]1C. The van der Waals surface area contributed by atoms with Gasteiger partial charge in [-0.3, -0.25) is 9.59 Å². The second-order valence-electron chi connectivity index (χ2n) is 9.63. The number of fused-ring (bicyclic) bond motifs is 1. The number of carbonyl (C=O) groups excluding carboxylic acids is 3. The maximum atomic E-state index is 13.6. The third-order valence-corrected chi connectivity index (χ3v) is 6.67. The Kier molecular flexibility index (Phi) is 10.3. The molecule has 13 heteroatoms. The molecule has 9 nitrogen and oxygen atoms in total. The van der Waals surface area contributed by atoms with Crippen LogP contribution >= 0.6 is 11.6 Å². The number of ether oxygens (including phenoxy) is 1. The number of aliphatic hydroxyl groups excluding tert-OH is 1. The highest BCUT2D eigenvalue weighted by Gasteiger charge is 2.33. The molecule has 0 aliphatic carbocycles. The van der Waals surface area contributed by atoms with Gasteiger partial charge in [0.15, 0.2) is 6.61 Å². The van der Waals surface area contributed by atoms with E-state index in [9.17, 15) is 32.7 Å². The third-order valence-electron chi connectivity index (χ3n) is 6.36. The maximum Gasteiger partial charge on any atom is 0.422 e. The zero-order valence-corrected chi connectivity index (χ0v) is 23.1. The van der Waals surface area contributed by atoms with Gasteiger partial charge in [0.25, 0.3) is 5.91 Å². The van der Waals surface area contributed by atoms with Crippen LogP contribution in [0.25, 0.3) is 0 Å². The molecule has 0 bridgehead atoms. The first kappa shape index (κ1) is 31.0. The van der Waals surface area contributed by atoms with Crippen molar-refractivity contribution in [3.63, 3.8) is 0 Å². The monoisotopic (exact) mass is 584 g/mol. The van der Waals surface area contributed by atoms with Crippen LogP contribution in [-0.2, 0) is 11.3 Å². The molecule has 0 spiro atoms. The predicted molar refractivity (Wildman–Crippen MR) is 143 cm³/mol. The molecule has 1 heterocycles. The van der Waals surface area contributed by atoms with Gasteiger partial charge in [0.1, 0.15) is 5.75 Å². The van der Waals surface area contributed by atoms with Crippen LogP contribution < -0.4 is 15.0 Å². The number of para-hydroxylation sites is 1. The number of benzene rings is 2. The molecule has 0 unspecified atom stereocenters. The molecule has 2 aromatic rings. The minimum atomic E-state index is -4.52. The van der Waals surface area contributed by atoms with Crippen LogP contribution in [0, 0.1) is 0 Å². The fourth-order valence-electron chi connectivity index (χ4n) is 4.38. The van der Waals surface area contributed by atoms with E-state index in [1.165, 1.54) is 26.8 Å². The number of rotatable bonds is 8. The summed E-state index contributed by atoms with van der Waals surface area (Å²) in [5, 5.41) is 11.8. The van der Waals surface area contributed by atoms with Crippen molar-refractivity contribution in [1.82, 2.24) is 15.1 Å². The molecule has 40 heavy (non-hydrogen) atoms. The second-order valence-corrected chi connectivity index (χ2v) is 10.0. The number of hydrogen-bond donors (Lipinski definition) is 2. The van der Waals surface area contributed by atoms with Crippen LogP contribution in [0.3, 0.4) is 0 Å². The highest BCUT2D eigenvalue weighted by molar-refractivity contribution is 6.34. The molecule has 0 saturated carbocycles. The standard InChI is InChI=1S/C27H32ClF3N4O5/c1-17(2)33(10-11-36)24(37)13-32-26(39)34-15-19-6-4-5-7-23(19)35(14-18(34)3)25(38)21-9-8-20(12-22(21)28)40-16-27(29,30)31/h4-9,12,17-18,36H,10-11,13-16H2,1-3H3,(H,32,39)/t18-/m1/s1. The van der Waals surface area contributed by atoms with Gasteiger partial charge in [0.05, 0.1) is 23.7 Å². The Bertz CT molecular complexity index is 1230. The van der Waals surface area contributed by atoms with Crippen molar-refractivity contribution in [3.05, 3.63) is 58.6 Å². The highest BCUT2D eigenvalue weighted by Crippen LogP contribution is 2.31. The number of amides is 4. The van der Waals surface area contributed by atoms with E-state index < -0.39 is 30.8 Å². The summed E-state index contributed by atoms with van der Waals surface area (Å²) in [7, 11) is 0. The fourth-order valence-corrected chi connectivity index (χ4v) is 4.63. The molecule has 0 aromatic heterocycles. The predicted octanol–water partition coefficient (Wildman–Crippen LogP) is 4.07. The van der Waals surface area contributed by atoms with E-state index in [-0.39, 0.29) is 61.1 Å². The summed E-state index contributed by atoms with van der Waals surface area (Å²) in [4.78, 5) is 43.9. The van der Waals surface area contributed by atoms with Crippen LogP contribution in [0.2, 0.25) is 5.02 Å². The fraction of sp³-hybridized carbons (Fsp3) is 0.444. The lowest BCUT2D eigenvalue weighted by molar-refractivity contribution is -0.153. The second kappa shape index (κ2) is 13.2. The Hall–Kier alpha value is -3.51. The number of halogens is 4. The van der Waals surface area contributed by atoms with E-state index in [0.29, 0.717) is 11.3 Å². The summed E-state index contributed by atoms with van der Waals surface area (Å²) in [5.74, 6) is -0.967. The molecule has 2 aromatic carbocycles. The third kappa shape index (κ3) is 7.79. The van der Waals surface area contributed by atoms with E-state index in [0.717, 1.165) is 6.07 Å². The summed E-state index contributed by atoms with van der Waals surface area (Å²) in [6.07, 6.45) is -4.52. The Morgan fingerprint density at radius 3 is 2.52 bits per heavy atom. The largest absolute Gasteiger partial charge is 0.484 e. The van der Waals surface area contributed by atoms with Gasteiger partial charge in [-0.05, 0) is 50.6 Å². The van der Waals surface area contributed by atoms with Crippen molar-refractivity contribution >= 4 is 35.1 Å². The number of nitrogens with zero attached hydrogens (tertiary/aromatic N) is 3. The van der Waals surface area contributed by atoms with Gasteiger partial charge >= 0.3 is 12.2 Å². The Balaban J connectivity index is 1.79. The number of carbonyl (C=O) groups is 3. The molecular weight excluding hydrogens is 553 g/mol. The number of hydrogen-bond acceptors (Lipinski definition) is 5. The number of alkyl halides is 3. The lowest BCUT2D eigenvalue weighted by Gasteiger charge is -2.30. The molecule has 2 N–H and O–H groups in total. The topological polar surface area (TPSA) is 102 Å². The molecule has 3 rings (SSSR count). The summed E-state index contributed by atoms with van der Waals surface area (Å²) >= 11 is 6.28. The first-order valence-electron chi connectivity index (χ1n) is 12.7. The zero-order chi connectivity index (χ0) is 29.6. The van der Waals surface area contributed by atoms with E-state index in [4.69, 9.17) is 16.3 Å². The van der Waals surface area contributed by atoms with Crippen molar-refractivity contribution in [1.29, 1.82) is 0 Å². The maximum absolute atomic E-state index is 13.6. The molecule has 1 atom stereocenters. The number of anilines is 1. The van der Waals surface area contributed by atoms with Crippen LogP contribution in [0.4, 0.5) is 23.7 Å². The van der Waals surface area contributed by atoms with Gasteiger partial charge in [-0.1, -0.05) is 29.8 Å². The average molecular weight is 585 g/mol. The van der Waals surface area contributed by atoms with Crippen molar-refractivity contribution in [3.8, 4) is 5.75 Å². The molecular formula is C27H32ClF3N4O5. The number of aliphatic hydroxyl groups is 1. The number of nitrogens with one attached hydrogen (secondary N) is 1. The van der Waals surface area contributed by atoms with Gasteiger partial charge in [-0.2, -0.15) is 13.2 Å². The number of urea groups is 1. The van der Waals surface area contributed by atoms with Gasteiger partial charge in [0, 0.05) is 37.4 Å². The molecule has 218 valence electrons. The Morgan fingerprint density at radius 2 is 1.90 bits per heavy atom. The van der Waals surface area contributed by atoms with Crippen LogP contribution in [0.5, 0.6) is 5.75 Å². The van der Waals surface area contributed by atoms with Crippen molar-refractivity contribution in [2.24, 2.45) is 0 Å². The van der Waals surface area contributed by atoms with E-state index in [2.05, 4.69) is 5.32 Å². The summed E-state index contributed by atoms with van der Waals surface area (Å²) in [5.41, 5.74) is 1.28. The van der Waals surface area contributed by atoms with E-state index in [1.807, 2.05) is 13.8 Å². The van der Waals surface area contributed by atoms with Gasteiger partial charge in [-0.25, -0.2) is 4.79 Å². The van der Waals surface area contributed by atoms with Crippen molar-refractivity contribution in [2.75, 3.05) is 37.7 Å². The van der Waals surface area contributed by atoms with Crippen molar-refractivity contribution in [2.45, 2.75) is 45.6 Å². The van der Waals surface area contributed by atoms with Crippen molar-refractivity contribution < 1.29 is 37.4 Å². The minimum absolute atomic E-state index is 0.0594. The average Bonchev–Trinajstić information content (AvgIpc) is 3.04. The normalized spacial score (nSPS) is 15.4. The molecule has 0 fully saturated rings. The Labute approximate surface area is 235 Å². The summed E-state index contributed by atoms with van der Waals surface area (Å²) in [6.45, 7) is 3.82. The first-order chi connectivity index (χ1) is 18.8. The Morgan fingerprint density at radius 1 is 1.20 bits per heavy atom. The lowest BCUT2D eigenvalue weighted by Crippen LogP contribution is -2.51.